The molecule has 0 spiro atoms. The molecule has 10 rings (SSSR count). The van der Waals surface area contributed by atoms with Crippen molar-refractivity contribution in [1.29, 1.82) is 0 Å². The van der Waals surface area contributed by atoms with Crippen molar-refractivity contribution in [3.63, 3.8) is 0 Å². The summed E-state index contributed by atoms with van der Waals surface area (Å²) < 4.78 is 229. The second-order valence-electron chi connectivity index (χ2n) is 10.4. The van der Waals surface area contributed by atoms with Crippen LogP contribution >= 0.6 is 22.7 Å². The van der Waals surface area contributed by atoms with Crippen LogP contribution in [0, 0.1) is 0 Å². The fourth-order valence-corrected chi connectivity index (χ4v) is 7.25. The average Bonchev–Trinajstić information content (AvgIpc) is 4.07. The Morgan fingerprint density at radius 2 is 0.940 bits per heavy atom. The Kier molecular flexibility index (Phi) is 3.09. The minimum atomic E-state index is -0.988. The zero-order valence-corrected chi connectivity index (χ0v) is 26.4. The number of fused-ring (bicyclic) bond motifs is 6. The van der Waals surface area contributed by atoms with Crippen LogP contribution in [-0.2, 0) is 0 Å². The van der Waals surface area contributed by atoms with Crippen LogP contribution in [-0.4, -0.2) is 15.0 Å². The molecule has 0 N–H and O–H groups in total. The predicted octanol–water partition coefficient (Wildman–Crippen LogP) is 12.9. The van der Waals surface area contributed by atoms with E-state index < -0.39 is 214 Å². The summed E-state index contributed by atoms with van der Waals surface area (Å²) in [6, 6.07) is -18.5. The molecule has 234 valence electrons. The molecule has 0 atom stereocenters. The highest BCUT2D eigenvalue weighted by molar-refractivity contribution is 7.26. The van der Waals surface area contributed by atoms with Crippen LogP contribution in [0.25, 0.3) is 96.8 Å². The fraction of sp³-hybridized carbons (Fsp3) is 0. The molecule has 0 saturated heterocycles. The third-order valence-corrected chi connectivity index (χ3v) is 9.65. The van der Waals surface area contributed by atoms with E-state index in [4.69, 9.17) is 26.0 Å². The van der Waals surface area contributed by atoms with Crippen LogP contribution in [0.1, 0.15) is 35.6 Å². The quantitative estimate of drug-likeness (QED) is 0.179. The summed E-state index contributed by atoms with van der Waals surface area (Å²) in [4.78, 5) is 13.5. The van der Waals surface area contributed by atoms with Crippen LogP contribution in [0.15, 0.2) is 163 Å². The first kappa shape index (κ1) is 13.0. The van der Waals surface area contributed by atoms with Gasteiger partial charge in [-0.25, -0.2) is 15.0 Å². The van der Waals surface area contributed by atoms with E-state index in [1.54, 1.807) is 0 Å². The lowest BCUT2D eigenvalue weighted by atomic mass is 9.99. The number of hydrogen-bond acceptors (Lipinski definition) is 5. The average molecular weight is 700 g/mol. The summed E-state index contributed by atoms with van der Waals surface area (Å²) >= 11 is 1.38. The second kappa shape index (κ2) is 11.8. The monoisotopic (exact) mass is 699 g/mol. The minimum Gasteiger partial charge on any atom is -0.208 e. The third-order valence-electron chi connectivity index (χ3n) is 7.51. The highest BCUT2D eigenvalue weighted by Crippen LogP contribution is 2.41. The van der Waals surface area contributed by atoms with Gasteiger partial charge in [0.2, 0.25) is 0 Å². The molecule has 7 aromatic carbocycles. The summed E-state index contributed by atoms with van der Waals surface area (Å²) in [5.74, 6) is -2.33. The summed E-state index contributed by atoms with van der Waals surface area (Å²) in [7, 11) is 0. The Balaban J connectivity index is 1.35. The first-order chi connectivity index (χ1) is 35.6. The summed E-state index contributed by atoms with van der Waals surface area (Å²) in [6.45, 7) is 0. The van der Waals surface area contributed by atoms with Gasteiger partial charge in [-0.15, -0.1) is 22.7 Å². The number of thiophene rings is 2. The van der Waals surface area contributed by atoms with Gasteiger partial charge in [0.05, 0.1) is 35.6 Å². The van der Waals surface area contributed by atoms with Gasteiger partial charge in [-0.3, -0.25) is 0 Å². The van der Waals surface area contributed by atoms with Gasteiger partial charge in [-0.2, -0.15) is 0 Å². The number of hydrogen-bond donors (Lipinski definition) is 0. The maximum Gasteiger partial charge on any atom is 0.165 e. The van der Waals surface area contributed by atoms with Crippen molar-refractivity contribution in [3.8, 4) is 56.4 Å². The Bertz CT molecular complexity index is 4350. The molecule has 3 aromatic heterocycles. The molecule has 0 unspecified atom stereocenters. The smallest absolute Gasteiger partial charge is 0.165 e. The first-order valence-corrected chi connectivity index (χ1v) is 16.1. The molecule has 0 aliphatic rings. The van der Waals surface area contributed by atoms with Gasteiger partial charge in [0.25, 0.3) is 0 Å². The topological polar surface area (TPSA) is 38.7 Å². The first-order valence-electron chi connectivity index (χ1n) is 27.5. The molecule has 3 heterocycles. The molecule has 50 heavy (non-hydrogen) atoms. The summed E-state index contributed by atoms with van der Waals surface area (Å²) in [5.41, 5.74) is -4.34. The van der Waals surface area contributed by atoms with Crippen molar-refractivity contribution in [2.75, 3.05) is 0 Å². The molecule has 0 radical (unpaired) electrons. The highest BCUT2D eigenvalue weighted by atomic mass is 32.1. The summed E-state index contributed by atoms with van der Waals surface area (Å²) in [6.07, 6.45) is 0. The standard InChI is InChI=1S/C45H27N3S2/c1-2-11-29(12-3-1)32-13-4-5-16-36(32)44-46-43(47-45(48-44)37-18-10-17-35-33-14-6-9-20-40(33)50-42(35)37)30-23-21-28(22-24-30)31-25-26-41-38(27-31)34-15-7-8-19-39(34)49-41/h1-27H/i1D,2D,3D,4D,5D,6D,7D,8D,9D,10D,11D,13D,14D,15D,16D,17D,18D,19D,20D,21D,22D,23D,24D,25D,26D,27D. The van der Waals surface area contributed by atoms with E-state index in [9.17, 15) is 9.60 Å². The van der Waals surface area contributed by atoms with E-state index in [2.05, 4.69) is 15.0 Å². The molecular weight excluding hydrogens is 647 g/mol. The van der Waals surface area contributed by atoms with Gasteiger partial charge in [-0.05, 0) is 52.5 Å². The van der Waals surface area contributed by atoms with E-state index in [0.717, 1.165) is 17.4 Å². The van der Waals surface area contributed by atoms with Crippen molar-refractivity contribution in [1.82, 2.24) is 15.0 Å². The lowest BCUT2D eigenvalue weighted by molar-refractivity contribution is 1.08. The van der Waals surface area contributed by atoms with E-state index in [1.807, 2.05) is 0 Å². The van der Waals surface area contributed by atoms with Gasteiger partial charge in [-0.1, -0.05) is 133 Å². The van der Waals surface area contributed by atoms with Gasteiger partial charge in [0.15, 0.2) is 17.5 Å². The highest BCUT2D eigenvalue weighted by Gasteiger charge is 2.18. The van der Waals surface area contributed by atoms with Gasteiger partial charge >= 0.3 is 0 Å². The maximum atomic E-state index is 9.46. The molecule has 3 nitrogen and oxygen atoms in total. The lowest BCUT2D eigenvalue weighted by Gasteiger charge is -2.12. The maximum absolute atomic E-state index is 9.46. The molecule has 0 aliphatic heterocycles. The van der Waals surface area contributed by atoms with Crippen LogP contribution in [0.2, 0.25) is 0 Å². The molecular formula is C45H27N3S2. The summed E-state index contributed by atoms with van der Waals surface area (Å²) in [5, 5.41) is -0.859. The Labute approximate surface area is 333 Å². The largest absolute Gasteiger partial charge is 0.208 e. The van der Waals surface area contributed by atoms with E-state index >= 15 is 0 Å². The molecule has 0 fully saturated rings. The van der Waals surface area contributed by atoms with Gasteiger partial charge in [0.1, 0.15) is 0 Å². The number of benzene rings is 7. The Hall–Kier alpha value is -6.01. The van der Waals surface area contributed by atoms with Gasteiger partial charge < -0.3 is 0 Å². The third kappa shape index (κ3) is 4.90. The van der Waals surface area contributed by atoms with Crippen LogP contribution < -0.4 is 0 Å². The lowest BCUT2D eigenvalue weighted by Crippen LogP contribution is -2.01. The molecule has 0 aliphatic carbocycles. The molecule has 0 amide bonds. The van der Waals surface area contributed by atoms with Crippen LogP contribution in [0.5, 0.6) is 0 Å². The van der Waals surface area contributed by atoms with Crippen LogP contribution in [0.3, 0.4) is 0 Å². The zero-order chi connectivity index (χ0) is 55.6. The van der Waals surface area contributed by atoms with E-state index in [0.29, 0.717) is 11.3 Å². The van der Waals surface area contributed by atoms with Crippen molar-refractivity contribution < 1.29 is 35.6 Å². The number of nitrogens with zero attached hydrogens (tertiary/aromatic N) is 3. The normalized spacial score (nSPS) is 18.9. The van der Waals surface area contributed by atoms with E-state index in [-0.39, 0.29) is 40.3 Å². The Morgan fingerprint density at radius 1 is 0.360 bits per heavy atom. The molecule has 0 saturated carbocycles. The number of aromatic nitrogens is 3. The van der Waals surface area contributed by atoms with E-state index in [1.165, 1.54) is 0 Å². The SMILES string of the molecule is [2H]c1cc(-c2c([2H])c([2H])c([2H])c([2H])c2-c2nc(-c3c([2H])c([2H])c(-c4c([2H])c([2H])c5sc6c([2H])c([2H])c([2H])c([2H])c6c5c4[2H])c([2H])c3[2H])nc(-c3c([2H])c([2H])c([2H])c4c3sc3c([2H])c([2H])c([2H])c([2H])c34)n2)c([2H])c([2H])c1[2H]. The van der Waals surface area contributed by atoms with Crippen molar-refractivity contribution in [3.05, 3.63) is 163 Å². The zero-order valence-electron chi connectivity index (χ0n) is 50.7. The second-order valence-corrected chi connectivity index (χ2v) is 12.4. The molecule has 0 bridgehead atoms. The Morgan fingerprint density at radius 3 is 1.78 bits per heavy atom. The predicted molar refractivity (Wildman–Crippen MR) is 213 cm³/mol. The van der Waals surface area contributed by atoms with Crippen molar-refractivity contribution >= 4 is 63.0 Å². The fourth-order valence-electron chi connectivity index (χ4n) is 5.27. The van der Waals surface area contributed by atoms with Crippen molar-refractivity contribution in [2.45, 2.75) is 0 Å². The number of rotatable bonds is 5. The van der Waals surface area contributed by atoms with Crippen LogP contribution in [0.4, 0.5) is 0 Å². The van der Waals surface area contributed by atoms with Crippen molar-refractivity contribution in [2.24, 2.45) is 0 Å². The minimum absolute atomic E-state index is 0.0452. The van der Waals surface area contributed by atoms with Gasteiger partial charge in [0, 0.05) is 57.0 Å². The molecule has 10 aromatic rings. The molecule has 5 heteroatoms.